The topological polar surface area (TPSA) is 72.9 Å². The van der Waals surface area contributed by atoms with Crippen molar-refractivity contribution in [2.45, 2.75) is 19.0 Å². The molecule has 0 aromatic heterocycles. The lowest BCUT2D eigenvalue weighted by molar-refractivity contribution is -0.155. The SMILES string of the molecule is COC(=O)[C@H]1Cc2ccccc2CN1C(=O)COC(=O)c1ccc(F)cc1Cl. The maximum Gasteiger partial charge on any atom is 0.340 e. The van der Waals surface area contributed by atoms with E-state index < -0.39 is 36.3 Å². The normalized spacial score (nSPS) is 15.5. The second-order valence-electron chi connectivity index (χ2n) is 6.23. The Hall–Kier alpha value is -2.93. The summed E-state index contributed by atoms with van der Waals surface area (Å²) in [5.41, 5.74) is 1.81. The number of hydrogen-bond donors (Lipinski definition) is 0. The number of nitrogens with zero attached hydrogens (tertiary/aromatic N) is 1. The van der Waals surface area contributed by atoms with Crippen molar-refractivity contribution >= 4 is 29.4 Å². The summed E-state index contributed by atoms with van der Waals surface area (Å²) in [6, 6.07) is 9.89. The molecule has 1 heterocycles. The second kappa shape index (κ2) is 8.39. The fourth-order valence-corrected chi connectivity index (χ4v) is 3.32. The van der Waals surface area contributed by atoms with Crippen LogP contribution in [0, 0.1) is 5.82 Å². The molecule has 0 saturated carbocycles. The molecule has 146 valence electrons. The van der Waals surface area contributed by atoms with E-state index in [1.165, 1.54) is 18.1 Å². The summed E-state index contributed by atoms with van der Waals surface area (Å²) < 4.78 is 22.9. The molecule has 0 fully saturated rings. The number of methoxy groups -OCH3 is 1. The number of carbonyl (C=O) groups is 3. The van der Waals surface area contributed by atoms with Gasteiger partial charge >= 0.3 is 11.9 Å². The summed E-state index contributed by atoms with van der Waals surface area (Å²) in [6.45, 7) is -0.383. The quantitative estimate of drug-likeness (QED) is 0.731. The van der Waals surface area contributed by atoms with Crippen molar-refractivity contribution in [1.82, 2.24) is 4.90 Å². The molecule has 0 bridgehead atoms. The largest absolute Gasteiger partial charge is 0.467 e. The van der Waals surface area contributed by atoms with Crippen molar-refractivity contribution in [3.8, 4) is 0 Å². The van der Waals surface area contributed by atoms with Gasteiger partial charge in [-0.2, -0.15) is 0 Å². The first-order valence-corrected chi connectivity index (χ1v) is 8.84. The summed E-state index contributed by atoms with van der Waals surface area (Å²) in [7, 11) is 1.25. The first-order chi connectivity index (χ1) is 13.4. The molecule has 0 radical (unpaired) electrons. The lowest BCUT2D eigenvalue weighted by Crippen LogP contribution is -2.50. The predicted octanol–water partition coefficient (Wildman–Crippen LogP) is 2.76. The van der Waals surface area contributed by atoms with Crippen LogP contribution in [-0.2, 0) is 32.0 Å². The maximum absolute atomic E-state index is 13.1. The summed E-state index contributed by atoms with van der Waals surface area (Å²) in [4.78, 5) is 38.3. The predicted molar refractivity (Wildman–Crippen MR) is 98.2 cm³/mol. The third kappa shape index (κ3) is 4.14. The molecular weight excluding hydrogens is 389 g/mol. The number of fused-ring (bicyclic) bond motifs is 1. The van der Waals surface area contributed by atoms with Crippen LogP contribution in [0.4, 0.5) is 4.39 Å². The van der Waals surface area contributed by atoms with Crippen LogP contribution in [0.2, 0.25) is 5.02 Å². The Kier molecular flexibility index (Phi) is 5.94. The molecule has 2 aromatic carbocycles. The fraction of sp³-hybridized carbons (Fsp3) is 0.250. The van der Waals surface area contributed by atoms with Crippen LogP contribution in [0.25, 0.3) is 0 Å². The van der Waals surface area contributed by atoms with Gasteiger partial charge in [-0.1, -0.05) is 35.9 Å². The standard InChI is InChI=1S/C20H17ClFNO5/c1-27-20(26)17-8-12-4-2-3-5-13(12)10-23(17)18(24)11-28-19(25)15-7-6-14(22)9-16(15)21/h2-7,9,17H,8,10-11H2,1H3/t17-/m1/s1. The third-order valence-electron chi connectivity index (χ3n) is 4.52. The van der Waals surface area contributed by atoms with E-state index in [2.05, 4.69) is 0 Å². The molecule has 0 unspecified atom stereocenters. The minimum Gasteiger partial charge on any atom is -0.467 e. The van der Waals surface area contributed by atoms with E-state index in [9.17, 15) is 18.8 Å². The fourth-order valence-electron chi connectivity index (χ4n) is 3.07. The van der Waals surface area contributed by atoms with Crippen molar-refractivity contribution < 1.29 is 28.2 Å². The smallest absolute Gasteiger partial charge is 0.340 e. The number of rotatable bonds is 4. The number of carbonyl (C=O) groups excluding carboxylic acids is 3. The number of hydrogen-bond acceptors (Lipinski definition) is 5. The van der Waals surface area contributed by atoms with Crippen LogP contribution in [0.15, 0.2) is 42.5 Å². The van der Waals surface area contributed by atoms with Crippen LogP contribution in [0.5, 0.6) is 0 Å². The van der Waals surface area contributed by atoms with E-state index >= 15 is 0 Å². The van der Waals surface area contributed by atoms with Crippen molar-refractivity contribution in [1.29, 1.82) is 0 Å². The van der Waals surface area contributed by atoms with E-state index in [4.69, 9.17) is 21.1 Å². The highest BCUT2D eigenvalue weighted by Crippen LogP contribution is 2.24. The van der Waals surface area contributed by atoms with Gasteiger partial charge in [0.2, 0.25) is 0 Å². The van der Waals surface area contributed by atoms with Gasteiger partial charge in [-0.15, -0.1) is 0 Å². The van der Waals surface area contributed by atoms with Gasteiger partial charge in [0.25, 0.3) is 5.91 Å². The maximum atomic E-state index is 13.1. The zero-order chi connectivity index (χ0) is 20.3. The highest BCUT2D eigenvalue weighted by molar-refractivity contribution is 6.33. The zero-order valence-electron chi connectivity index (χ0n) is 15.0. The van der Waals surface area contributed by atoms with Gasteiger partial charge in [0.15, 0.2) is 6.61 Å². The van der Waals surface area contributed by atoms with Gasteiger partial charge in [-0.25, -0.2) is 14.0 Å². The Morgan fingerprint density at radius 3 is 2.57 bits per heavy atom. The van der Waals surface area contributed by atoms with Gasteiger partial charge in [0.05, 0.1) is 17.7 Å². The van der Waals surface area contributed by atoms with Crippen molar-refractivity contribution in [3.63, 3.8) is 0 Å². The van der Waals surface area contributed by atoms with E-state index in [-0.39, 0.29) is 17.1 Å². The molecule has 28 heavy (non-hydrogen) atoms. The molecule has 0 spiro atoms. The molecule has 0 aliphatic carbocycles. The zero-order valence-corrected chi connectivity index (χ0v) is 15.7. The van der Waals surface area contributed by atoms with E-state index in [1.807, 2.05) is 24.3 Å². The van der Waals surface area contributed by atoms with Crippen molar-refractivity contribution in [2.75, 3.05) is 13.7 Å². The minimum atomic E-state index is -0.856. The lowest BCUT2D eigenvalue weighted by atomic mass is 9.94. The molecule has 1 aliphatic heterocycles. The Morgan fingerprint density at radius 1 is 1.18 bits per heavy atom. The summed E-state index contributed by atoms with van der Waals surface area (Å²) >= 11 is 5.83. The highest BCUT2D eigenvalue weighted by Gasteiger charge is 2.35. The molecule has 1 atom stereocenters. The van der Waals surface area contributed by atoms with Crippen molar-refractivity contribution in [3.05, 3.63) is 70.0 Å². The summed E-state index contributed by atoms with van der Waals surface area (Å²) in [5.74, 6) is -2.54. The van der Waals surface area contributed by atoms with E-state index in [0.29, 0.717) is 6.42 Å². The molecule has 8 heteroatoms. The average Bonchev–Trinajstić information content (AvgIpc) is 2.70. The van der Waals surface area contributed by atoms with Crippen molar-refractivity contribution in [2.24, 2.45) is 0 Å². The monoisotopic (exact) mass is 405 g/mol. The van der Waals surface area contributed by atoms with E-state index in [1.54, 1.807) is 0 Å². The summed E-state index contributed by atoms with van der Waals surface area (Å²) in [5, 5.41) is -0.114. The van der Waals surface area contributed by atoms with Crippen LogP contribution in [0.1, 0.15) is 21.5 Å². The number of halogens is 2. The molecule has 3 rings (SSSR count). The van der Waals surface area contributed by atoms with E-state index in [0.717, 1.165) is 23.3 Å². The molecule has 2 aromatic rings. The van der Waals surface area contributed by atoms with Crippen LogP contribution < -0.4 is 0 Å². The molecule has 1 aliphatic rings. The highest BCUT2D eigenvalue weighted by atomic mass is 35.5. The third-order valence-corrected chi connectivity index (χ3v) is 4.83. The average molecular weight is 406 g/mol. The molecule has 0 N–H and O–H groups in total. The first kappa shape index (κ1) is 19.8. The van der Waals surface area contributed by atoms with Crippen LogP contribution in [0.3, 0.4) is 0 Å². The Labute approximate surface area is 165 Å². The van der Waals surface area contributed by atoms with Crippen LogP contribution >= 0.6 is 11.6 Å². The van der Waals surface area contributed by atoms with Gasteiger partial charge < -0.3 is 14.4 Å². The van der Waals surface area contributed by atoms with Gasteiger partial charge in [-0.3, -0.25) is 4.79 Å². The first-order valence-electron chi connectivity index (χ1n) is 8.47. The second-order valence-corrected chi connectivity index (χ2v) is 6.64. The Balaban J connectivity index is 1.72. The molecule has 1 amide bonds. The van der Waals surface area contributed by atoms with Gasteiger partial charge in [0.1, 0.15) is 11.9 Å². The lowest BCUT2D eigenvalue weighted by Gasteiger charge is -2.35. The number of amides is 1. The minimum absolute atomic E-state index is 0.0515. The number of esters is 2. The Bertz CT molecular complexity index is 933. The van der Waals surface area contributed by atoms with Crippen LogP contribution in [-0.4, -0.2) is 42.5 Å². The van der Waals surface area contributed by atoms with Gasteiger partial charge in [0, 0.05) is 13.0 Å². The Morgan fingerprint density at radius 2 is 1.89 bits per heavy atom. The number of benzene rings is 2. The number of ether oxygens (including phenoxy) is 2. The molecular formula is C20H17ClFNO5. The van der Waals surface area contributed by atoms with Gasteiger partial charge in [-0.05, 0) is 29.3 Å². The molecule has 6 nitrogen and oxygen atoms in total. The molecule has 0 saturated heterocycles. The summed E-state index contributed by atoms with van der Waals surface area (Å²) in [6.07, 6.45) is 0.312.